The second-order valence-electron chi connectivity index (χ2n) is 4.94. The standard InChI is InChI=1S/C15H17Cl2N3O/c1-2-19-9-11(8-18)15(3-4-15)20-14(21)10-5-12(16)7-13(17)6-10/h5-9H,2-4,18H2,1H3,(H,20,21). The van der Waals surface area contributed by atoms with Gasteiger partial charge in [0.2, 0.25) is 0 Å². The van der Waals surface area contributed by atoms with Gasteiger partial charge in [-0.25, -0.2) is 0 Å². The number of carbonyl (C=O) groups is 1. The molecule has 1 aromatic rings. The maximum atomic E-state index is 12.4. The van der Waals surface area contributed by atoms with E-state index in [4.69, 9.17) is 28.9 Å². The number of nitrogens with zero attached hydrogens (tertiary/aromatic N) is 1. The summed E-state index contributed by atoms with van der Waals surface area (Å²) in [7, 11) is 0. The van der Waals surface area contributed by atoms with Gasteiger partial charge in [-0.3, -0.25) is 9.79 Å². The molecule has 0 saturated heterocycles. The van der Waals surface area contributed by atoms with Gasteiger partial charge in [-0.05, 0) is 38.0 Å². The van der Waals surface area contributed by atoms with Gasteiger partial charge in [-0.1, -0.05) is 23.2 Å². The van der Waals surface area contributed by atoms with Gasteiger partial charge in [0.15, 0.2) is 0 Å². The largest absolute Gasteiger partial charge is 0.404 e. The molecule has 1 fully saturated rings. The van der Waals surface area contributed by atoms with Crippen molar-refractivity contribution in [2.24, 2.45) is 10.7 Å². The van der Waals surface area contributed by atoms with E-state index in [2.05, 4.69) is 10.3 Å². The quantitative estimate of drug-likeness (QED) is 0.816. The molecular weight excluding hydrogens is 309 g/mol. The smallest absolute Gasteiger partial charge is 0.252 e. The number of halogens is 2. The summed E-state index contributed by atoms with van der Waals surface area (Å²) in [5.41, 5.74) is 6.50. The van der Waals surface area contributed by atoms with Crippen molar-refractivity contribution in [1.82, 2.24) is 5.32 Å². The molecule has 6 heteroatoms. The molecule has 1 aliphatic rings. The topological polar surface area (TPSA) is 67.5 Å². The van der Waals surface area contributed by atoms with Crippen LogP contribution in [0.2, 0.25) is 10.0 Å². The van der Waals surface area contributed by atoms with E-state index >= 15 is 0 Å². The highest BCUT2D eigenvalue weighted by molar-refractivity contribution is 6.35. The third-order valence-corrected chi connectivity index (χ3v) is 3.81. The summed E-state index contributed by atoms with van der Waals surface area (Å²) in [6.07, 6.45) is 4.90. The Labute approximate surface area is 134 Å². The summed E-state index contributed by atoms with van der Waals surface area (Å²) in [5.74, 6) is -0.221. The predicted molar refractivity (Wildman–Crippen MR) is 87.2 cm³/mol. The molecule has 21 heavy (non-hydrogen) atoms. The summed E-state index contributed by atoms with van der Waals surface area (Å²) in [6, 6.07) is 4.77. The molecule has 112 valence electrons. The van der Waals surface area contributed by atoms with Crippen LogP contribution in [0.4, 0.5) is 0 Å². The Hall–Kier alpha value is -1.52. The molecule has 1 aliphatic carbocycles. The number of aliphatic imine (C=N–C) groups is 1. The molecule has 4 nitrogen and oxygen atoms in total. The highest BCUT2D eigenvalue weighted by atomic mass is 35.5. The zero-order valence-electron chi connectivity index (χ0n) is 11.7. The maximum Gasteiger partial charge on any atom is 0.252 e. The van der Waals surface area contributed by atoms with Crippen molar-refractivity contribution >= 4 is 35.3 Å². The van der Waals surface area contributed by atoms with Gasteiger partial charge >= 0.3 is 0 Å². The van der Waals surface area contributed by atoms with E-state index in [0.29, 0.717) is 22.2 Å². The molecular formula is C15H17Cl2N3O. The Morgan fingerprint density at radius 3 is 2.48 bits per heavy atom. The van der Waals surface area contributed by atoms with E-state index in [9.17, 15) is 4.79 Å². The lowest BCUT2D eigenvalue weighted by Gasteiger charge is -2.18. The lowest BCUT2D eigenvalue weighted by molar-refractivity contribution is 0.0939. The van der Waals surface area contributed by atoms with E-state index in [1.54, 1.807) is 24.4 Å². The van der Waals surface area contributed by atoms with E-state index < -0.39 is 5.54 Å². The molecule has 1 aromatic carbocycles. The Bertz CT molecular complexity index is 587. The summed E-state index contributed by atoms with van der Waals surface area (Å²) in [5, 5.41) is 3.86. The molecule has 0 heterocycles. The number of hydrogen-bond donors (Lipinski definition) is 2. The zero-order valence-corrected chi connectivity index (χ0v) is 13.2. The highest BCUT2D eigenvalue weighted by Gasteiger charge is 2.46. The number of benzene rings is 1. The van der Waals surface area contributed by atoms with Gasteiger partial charge in [0.05, 0.1) is 5.54 Å². The molecule has 0 spiro atoms. The summed E-state index contributed by atoms with van der Waals surface area (Å²) < 4.78 is 0. The van der Waals surface area contributed by atoms with Crippen LogP contribution < -0.4 is 11.1 Å². The van der Waals surface area contributed by atoms with E-state index in [-0.39, 0.29) is 5.91 Å². The predicted octanol–water partition coefficient (Wildman–Crippen LogP) is 3.19. The van der Waals surface area contributed by atoms with Gasteiger partial charge < -0.3 is 11.1 Å². The number of nitrogens with two attached hydrogens (primary N) is 1. The van der Waals surface area contributed by atoms with Crippen LogP contribution in [0.3, 0.4) is 0 Å². The van der Waals surface area contributed by atoms with E-state index in [0.717, 1.165) is 18.4 Å². The number of nitrogens with one attached hydrogen (secondary N) is 1. The first-order chi connectivity index (χ1) is 10.0. The third kappa shape index (κ3) is 3.77. The average molecular weight is 326 g/mol. The van der Waals surface area contributed by atoms with Gasteiger partial charge in [-0.15, -0.1) is 0 Å². The Morgan fingerprint density at radius 1 is 1.38 bits per heavy atom. The fraction of sp³-hybridized carbons (Fsp3) is 0.333. The molecule has 2 rings (SSSR count). The van der Waals surface area contributed by atoms with Crippen molar-refractivity contribution in [3.05, 3.63) is 45.6 Å². The number of rotatable bonds is 5. The SMILES string of the molecule is CCN=CC(=CN)C1(NC(=O)c2cc(Cl)cc(Cl)c2)CC1. The fourth-order valence-electron chi connectivity index (χ4n) is 2.10. The van der Waals surface area contributed by atoms with Crippen molar-refractivity contribution in [1.29, 1.82) is 0 Å². The molecule has 3 N–H and O–H groups in total. The van der Waals surface area contributed by atoms with Crippen LogP contribution in [0, 0.1) is 0 Å². The third-order valence-electron chi connectivity index (χ3n) is 3.37. The van der Waals surface area contributed by atoms with Crippen molar-refractivity contribution in [3.63, 3.8) is 0 Å². The Balaban J connectivity index is 2.17. The van der Waals surface area contributed by atoms with Gasteiger partial charge in [0.1, 0.15) is 0 Å². The van der Waals surface area contributed by atoms with Crippen LogP contribution in [-0.2, 0) is 0 Å². The number of carbonyl (C=O) groups excluding carboxylic acids is 1. The molecule has 1 saturated carbocycles. The van der Waals surface area contributed by atoms with Gasteiger partial charge in [0.25, 0.3) is 5.91 Å². The summed E-state index contributed by atoms with van der Waals surface area (Å²) >= 11 is 11.8. The van der Waals surface area contributed by atoms with Crippen LogP contribution in [0.5, 0.6) is 0 Å². The van der Waals surface area contributed by atoms with Crippen LogP contribution in [0.25, 0.3) is 0 Å². The molecule has 0 aromatic heterocycles. The summed E-state index contributed by atoms with van der Waals surface area (Å²) in [4.78, 5) is 16.5. The molecule has 0 bridgehead atoms. The lowest BCUT2D eigenvalue weighted by atomic mass is 10.1. The monoisotopic (exact) mass is 325 g/mol. The van der Waals surface area contributed by atoms with E-state index in [1.165, 1.54) is 6.20 Å². The van der Waals surface area contributed by atoms with Crippen LogP contribution in [-0.4, -0.2) is 24.2 Å². The van der Waals surface area contributed by atoms with Gasteiger partial charge in [-0.2, -0.15) is 0 Å². The minimum absolute atomic E-state index is 0.221. The summed E-state index contributed by atoms with van der Waals surface area (Å²) in [6.45, 7) is 2.61. The van der Waals surface area contributed by atoms with Crippen LogP contribution in [0.1, 0.15) is 30.1 Å². The minimum Gasteiger partial charge on any atom is -0.404 e. The highest BCUT2D eigenvalue weighted by Crippen LogP contribution is 2.41. The average Bonchev–Trinajstić information content (AvgIpc) is 3.19. The van der Waals surface area contributed by atoms with Gasteiger partial charge in [0, 0.05) is 40.1 Å². The van der Waals surface area contributed by atoms with Crippen molar-refractivity contribution in [3.8, 4) is 0 Å². The fourth-order valence-corrected chi connectivity index (χ4v) is 2.63. The van der Waals surface area contributed by atoms with Crippen LogP contribution in [0.15, 0.2) is 35.0 Å². The molecule has 0 unspecified atom stereocenters. The first kappa shape index (κ1) is 15.9. The second-order valence-corrected chi connectivity index (χ2v) is 5.82. The Kier molecular flexibility index (Phi) is 4.91. The lowest BCUT2D eigenvalue weighted by Crippen LogP contribution is -2.39. The normalized spacial score (nSPS) is 17.0. The molecule has 1 amide bonds. The Morgan fingerprint density at radius 2 is 2.00 bits per heavy atom. The molecule has 0 aliphatic heterocycles. The number of amides is 1. The second kappa shape index (κ2) is 6.50. The van der Waals surface area contributed by atoms with E-state index in [1.807, 2.05) is 6.92 Å². The zero-order chi connectivity index (χ0) is 15.5. The van der Waals surface area contributed by atoms with Crippen LogP contribution >= 0.6 is 23.2 Å². The molecule has 0 radical (unpaired) electrons. The molecule has 0 atom stereocenters. The van der Waals surface area contributed by atoms with Crippen molar-refractivity contribution in [2.75, 3.05) is 6.54 Å². The maximum absolute atomic E-state index is 12.4. The first-order valence-electron chi connectivity index (χ1n) is 6.71. The first-order valence-corrected chi connectivity index (χ1v) is 7.47. The minimum atomic E-state index is -0.417. The van der Waals surface area contributed by atoms with Crippen molar-refractivity contribution < 1.29 is 4.79 Å². The van der Waals surface area contributed by atoms with Crippen molar-refractivity contribution in [2.45, 2.75) is 25.3 Å². The number of hydrogen-bond acceptors (Lipinski definition) is 3.